The third-order valence-electron chi connectivity index (χ3n) is 6.44. The molecule has 4 aromatic rings. The second-order valence-corrected chi connectivity index (χ2v) is 10.3. The van der Waals surface area contributed by atoms with Crippen molar-refractivity contribution >= 4 is 35.1 Å². The summed E-state index contributed by atoms with van der Waals surface area (Å²) in [5.74, 6) is 11.8. The van der Waals surface area contributed by atoms with Crippen molar-refractivity contribution in [3.8, 4) is 34.8 Å². The fourth-order valence-corrected chi connectivity index (χ4v) is 4.64. The lowest BCUT2D eigenvalue weighted by Gasteiger charge is -2.08. The summed E-state index contributed by atoms with van der Waals surface area (Å²) in [5, 5.41) is 1.09. The highest BCUT2D eigenvalue weighted by Crippen LogP contribution is 2.34. The van der Waals surface area contributed by atoms with Crippen LogP contribution in [0.15, 0.2) is 110 Å². The van der Waals surface area contributed by atoms with E-state index in [1.165, 1.54) is 0 Å². The lowest BCUT2D eigenvalue weighted by Crippen LogP contribution is -2.04. The van der Waals surface area contributed by atoms with Gasteiger partial charge in [0.05, 0.1) is 13.2 Å². The monoisotopic (exact) mass is 618 g/mol. The fraction of sp³-hybridized carbons (Fsp3) is 0.105. The Hall–Kier alpha value is -5.00. The van der Waals surface area contributed by atoms with Crippen LogP contribution in [-0.4, -0.2) is 25.2 Å². The molecule has 0 heterocycles. The second kappa shape index (κ2) is 16.0. The maximum atomic E-state index is 11.2. The zero-order valence-electron chi connectivity index (χ0n) is 23.9. The molecule has 0 amide bonds. The number of hydrogen-bond donors (Lipinski definition) is 0. The number of benzene rings is 4. The summed E-state index contributed by atoms with van der Waals surface area (Å²) >= 11 is 13.3. The number of esters is 2. The van der Waals surface area contributed by atoms with Crippen molar-refractivity contribution in [3.05, 3.63) is 154 Å². The van der Waals surface area contributed by atoms with Gasteiger partial charge in [-0.15, -0.1) is 0 Å². The van der Waals surface area contributed by atoms with Gasteiger partial charge in [-0.3, -0.25) is 0 Å². The largest absolute Gasteiger partial charge is 0.462 e. The van der Waals surface area contributed by atoms with E-state index in [9.17, 15) is 9.59 Å². The van der Waals surface area contributed by atoms with Gasteiger partial charge >= 0.3 is 11.9 Å². The molecule has 44 heavy (non-hydrogen) atoms. The Kier molecular flexibility index (Phi) is 11.6. The number of rotatable bonds is 9. The molecule has 0 aliphatic rings. The Morgan fingerprint density at radius 1 is 0.568 bits per heavy atom. The van der Waals surface area contributed by atoms with Crippen molar-refractivity contribution in [2.45, 2.75) is 12.8 Å². The van der Waals surface area contributed by atoms with Gasteiger partial charge in [-0.05, 0) is 59.7 Å². The Labute approximate surface area is 267 Å². The van der Waals surface area contributed by atoms with Gasteiger partial charge in [0.2, 0.25) is 0 Å². The SMILES string of the molecule is C=CC(=O)OCCc1ccc(C#Cc2ccc(-c3ccc(C#Cc4ccc(CCOC(=O)C=C)cc4)cc3Cl)c(Cl)c2)cc1. The molecule has 0 radical (unpaired) electrons. The standard InChI is InChI=1S/C38H28Cl2O4/c1-3-37(41)43-23-21-29-9-5-27(6-10-29)13-15-31-17-19-33(35(39)25-31)34-20-18-32(26-36(34)40)16-14-28-7-11-30(12-8-28)22-24-44-38(42)4-2/h3-12,17-20,25-26H,1-2,21-24H2. The van der Waals surface area contributed by atoms with E-state index in [0.29, 0.717) is 36.1 Å². The van der Waals surface area contributed by atoms with E-state index in [4.69, 9.17) is 32.7 Å². The zero-order chi connectivity index (χ0) is 31.3. The van der Waals surface area contributed by atoms with Crippen molar-refractivity contribution < 1.29 is 19.1 Å². The van der Waals surface area contributed by atoms with E-state index in [1.54, 1.807) is 0 Å². The summed E-state index contributed by atoms with van der Waals surface area (Å²) in [6.45, 7) is 7.37. The normalized spacial score (nSPS) is 9.95. The molecule has 6 heteroatoms. The quantitative estimate of drug-likeness (QED) is 0.108. The number of hydrogen-bond acceptors (Lipinski definition) is 4. The minimum Gasteiger partial charge on any atom is -0.462 e. The third kappa shape index (κ3) is 9.51. The molecule has 0 fully saturated rings. The first-order chi connectivity index (χ1) is 21.3. The molecule has 4 rings (SSSR count). The molecule has 0 aromatic heterocycles. The van der Waals surface area contributed by atoms with Crippen LogP contribution >= 0.6 is 23.2 Å². The average Bonchev–Trinajstić information content (AvgIpc) is 3.04. The minimum absolute atomic E-state index is 0.301. The molecule has 0 atom stereocenters. The molecule has 0 N–H and O–H groups in total. The van der Waals surface area contributed by atoms with Gasteiger partial charge in [-0.25, -0.2) is 9.59 Å². The molecule has 4 nitrogen and oxygen atoms in total. The zero-order valence-corrected chi connectivity index (χ0v) is 25.4. The number of halogens is 2. The Morgan fingerprint density at radius 3 is 1.25 bits per heavy atom. The molecule has 0 saturated heterocycles. The predicted molar refractivity (Wildman–Crippen MR) is 176 cm³/mol. The molecule has 0 bridgehead atoms. The summed E-state index contributed by atoms with van der Waals surface area (Å²) in [6, 6.07) is 26.8. The van der Waals surface area contributed by atoms with Crippen molar-refractivity contribution in [2.75, 3.05) is 13.2 Å². The van der Waals surface area contributed by atoms with Crippen LogP contribution in [0.1, 0.15) is 33.4 Å². The van der Waals surface area contributed by atoms with E-state index < -0.39 is 11.9 Å². The van der Waals surface area contributed by atoms with Crippen LogP contribution in [0, 0.1) is 23.7 Å². The minimum atomic E-state index is -0.427. The van der Waals surface area contributed by atoms with Crippen molar-refractivity contribution in [3.63, 3.8) is 0 Å². The van der Waals surface area contributed by atoms with Crippen molar-refractivity contribution in [2.24, 2.45) is 0 Å². The van der Waals surface area contributed by atoms with Gasteiger partial charge in [0.1, 0.15) is 0 Å². The Balaban J connectivity index is 1.37. The van der Waals surface area contributed by atoms with Crippen LogP contribution in [0.2, 0.25) is 10.0 Å². The van der Waals surface area contributed by atoms with Crippen molar-refractivity contribution in [1.82, 2.24) is 0 Å². The van der Waals surface area contributed by atoms with Gasteiger partial charge in [0.15, 0.2) is 0 Å². The Morgan fingerprint density at radius 2 is 0.909 bits per heavy atom. The van der Waals surface area contributed by atoms with Crippen LogP contribution in [-0.2, 0) is 31.9 Å². The van der Waals surface area contributed by atoms with E-state index >= 15 is 0 Å². The Bertz CT molecular complexity index is 1660. The molecule has 0 aliphatic carbocycles. The van der Waals surface area contributed by atoms with Gasteiger partial charge < -0.3 is 9.47 Å². The van der Waals surface area contributed by atoms with E-state index in [0.717, 1.165) is 56.7 Å². The summed E-state index contributed by atoms with van der Waals surface area (Å²) in [5.41, 5.74) is 6.98. The maximum absolute atomic E-state index is 11.2. The molecule has 4 aromatic carbocycles. The summed E-state index contributed by atoms with van der Waals surface area (Å²) < 4.78 is 10.0. The molecule has 0 spiro atoms. The number of ether oxygens (including phenoxy) is 2. The summed E-state index contributed by atoms with van der Waals surface area (Å²) in [7, 11) is 0. The predicted octanol–water partition coefficient (Wildman–Crippen LogP) is 8.00. The van der Waals surface area contributed by atoms with E-state index in [-0.39, 0.29) is 0 Å². The van der Waals surface area contributed by atoms with Gasteiger partial charge in [-0.2, -0.15) is 0 Å². The first-order valence-corrected chi connectivity index (χ1v) is 14.5. The smallest absolute Gasteiger partial charge is 0.330 e. The maximum Gasteiger partial charge on any atom is 0.330 e. The molecule has 218 valence electrons. The topological polar surface area (TPSA) is 52.6 Å². The third-order valence-corrected chi connectivity index (χ3v) is 7.07. The lowest BCUT2D eigenvalue weighted by molar-refractivity contribution is -0.138. The highest BCUT2D eigenvalue weighted by molar-refractivity contribution is 6.36. The second-order valence-electron chi connectivity index (χ2n) is 9.53. The lowest BCUT2D eigenvalue weighted by atomic mass is 10.0. The van der Waals surface area contributed by atoms with E-state index in [1.807, 2.05) is 84.9 Å². The molecule has 0 aliphatic heterocycles. The average molecular weight is 620 g/mol. The fourth-order valence-electron chi connectivity index (χ4n) is 4.08. The van der Waals surface area contributed by atoms with Gasteiger partial charge in [-0.1, -0.05) is 96.4 Å². The van der Waals surface area contributed by atoms with Crippen LogP contribution in [0.25, 0.3) is 11.1 Å². The molecule has 0 unspecified atom stereocenters. The highest BCUT2D eigenvalue weighted by atomic mass is 35.5. The number of carbonyl (C=O) groups is 2. The molecular weight excluding hydrogens is 591 g/mol. The summed E-state index contributed by atoms with van der Waals surface area (Å²) in [6.07, 6.45) is 3.54. The van der Waals surface area contributed by atoms with Crippen LogP contribution in [0.3, 0.4) is 0 Å². The first-order valence-electron chi connectivity index (χ1n) is 13.7. The van der Waals surface area contributed by atoms with Crippen LogP contribution in [0.5, 0.6) is 0 Å². The van der Waals surface area contributed by atoms with Crippen molar-refractivity contribution in [1.29, 1.82) is 0 Å². The summed E-state index contributed by atoms with van der Waals surface area (Å²) in [4.78, 5) is 22.3. The highest BCUT2D eigenvalue weighted by Gasteiger charge is 2.09. The first kappa shape index (κ1) is 31.9. The van der Waals surface area contributed by atoms with Gasteiger partial charge in [0.25, 0.3) is 0 Å². The molecular formula is C38H28Cl2O4. The van der Waals surface area contributed by atoms with E-state index in [2.05, 4.69) is 36.8 Å². The number of carbonyl (C=O) groups excluding carboxylic acids is 2. The van der Waals surface area contributed by atoms with Crippen LogP contribution < -0.4 is 0 Å². The van der Waals surface area contributed by atoms with Gasteiger partial charge in [0, 0.05) is 68.4 Å². The molecule has 0 saturated carbocycles. The van der Waals surface area contributed by atoms with Crippen LogP contribution in [0.4, 0.5) is 0 Å².